The molecule has 2 aromatic carbocycles. The quantitative estimate of drug-likeness (QED) is 0.939. The molecular formula is C18H21NO2S. The van der Waals surface area contributed by atoms with Crippen LogP contribution in [0, 0.1) is 13.8 Å². The summed E-state index contributed by atoms with van der Waals surface area (Å²) in [5.41, 5.74) is 4.10. The third-order valence-electron chi connectivity index (χ3n) is 4.30. The highest BCUT2D eigenvalue weighted by molar-refractivity contribution is 7.89. The average Bonchev–Trinajstić information content (AvgIpc) is 2.50. The van der Waals surface area contributed by atoms with Gasteiger partial charge in [0.05, 0.1) is 4.90 Å². The van der Waals surface area contributed by atoms with E-state index in [1.807, 2.05) is 44.2 Å². The lowest BCUT2D eigenvalue weighted by molar-refractivity contribution is 0.507. The van der Waals surface area contributed by atoms with Crippen molar-refractivity contribution >= 4 is 10.0 Å². The molecular weight excluding hydrogens is 294 g/mol. The summed E-state index contributed by atoms with van der Waals surface area (Å²) in [5.74, 6) is 0. The summed E-state index contributed by atoms with van der Waals surface area (Å²) in [6, 6.07) is 13.5. The van der Waals surface area contributed by atoms with Gasteiger partial charge in [-0.15, -0.1) is 0 Å². The molecule has 1 atom stereocenters. The summed E-state index contributed by atoms with van der Waals surface area (Å²) in [5, 5.41) is 0. The Labute approximate surface area is 132 Å². The lowest BCUT2D eigenvalue weighted by Gasteiger charge is -2.26. The number of nitrogens with one attached hydrogen (secondary N) is 1. The Balaban J connectivity index is 1.95. The first kappa shape index (κ1) is 15.3. The molecule has 3 rings (SSSR count). The molecule has 1 aliphatic rings. The molecule has 3 nitrogen and oxygen atoms in total. The van der Waals surface area contributed by atoms with Crippen LogP contribution in [0.4, 0.5) is 0 Å². The predicted octanol–water partition coefficient (Wildman–Crippen LogP) is 3.66. The zero-order chi connectivity index (χ0) is 15.7. The Bertz CT molecular complexity index is 796. The first-order valence-corrected chi connectivity index (χ1v) is 9.13. The number of sulfonamides is 1. The minimum absolute atomic E-state index is 0.130. The van der Waals surface area contributed by atoms with Crippen molar-refractivity contribution in [2.24, 2.45) is 0 Å². The molecule has 1 N–H and O–H groups in total. The van der Waals surface area contributed by atoms with Crippen LogP contribution < -0.4 is 4.72 Å². The van der Waals surface area contributed by atoms with Crippen molar-refractivity contribution in [1.29, 1.82) is 0 Å². The molecule has 0 heterocycles. The third kappa shape index (κ3) is 2.94. The van der Waals surface area contributed by atoms with Gasteiger partial charge in [-0.25, -0.2) is 13.1 Å². The lowest BCUT2D eigenvalue weighted by Crippen LogP contribution is -2.31. The smallest absolute Gasteiger partial charge is 0.207 e. The van der Waals surface area contributed by atoms with Gasteiger partial charge >= 0.3 is 0 Å². The van der Waals surface area contributed by atoms with Crippen LogP contribution in [0.1, 0.15) is 41.1 Å². The van der Waals surface area contributed by atoms with E-state index in [1.54, 1.807) is 6.07 Å². The molecule has 22 heavy (non-hydrogen) atoms. The van der Waals surface area contributed by atoms with Crippen molar-refractivity contribution < 1.29 is 8.42 Å². The Morgan fingerprint density at radius 1 is 1.09 bits per heavy atom. The number of benzene rings is 2. The number of aryl methyl sites for hydroxylation is 3. The molecule has 0 bridgehead atoms. The van der Waals surface area contributed by atoms with Gasteiger partial charge in [0.25, 0.3) is 0 Å². The molecule has 0 fully saturated rings. The van der Waals surface area contributed by atoms with Crippen molar-refractivity contribution in [3.63, 3.8) is 0 Å². The first-order valence-electron chi connectivity index (χ1n) is 7.65. The summed E-state index contributed by atoms with van der Waals surface area (Å²) < 4.78 is 28.5. The van der Waals surface area contributed by atoms with Crippen LogP contribution >= 0.6 is 0 Å². The van der Waals surface area contributed by atoms with Crippen LogP contribution in [0.2, 0.25) is 0 Å². The Kier molecular flexibility index (Phi) is 4.06. The zero-order valence-corrected chi connectivity index (χ0v) is 13.8. The predicted molar refractivity (Wildman–Crippen MR) is 88.4 cm³/mol. The minimum Gasteiger partial charge on any atom is -0.207 e. The first-order chi connectivity index (χ1) is 10.5. The highest BCUT2D eigenvalue weighted by Gasteiger charge is 2.26. The van der Waals surface area contributed by atoms with Crippen LogP contribution in [0.3, 0.4) is 0 Å². The fraction of sp³-hybridized carbons (Fsp3) is 0.333. The standard InChI is InChI=1S/C18H21NO2S/c1-13-10-11-14(2)18(12-13)22(20,21)19-17-9-5-7-15-6-3-4-8-16(15)17/h3-4,6,8,10-12,17,19H,5,7,9H2,1-2H3/t17-/m0/s1. The highest BCUT2D eigenvalue weighted by Crippen LogP contribution is 2.31. The molecule has 0 unspecified atom stereocenters. The molecule has 2 aromatic rings. The zero-order valence-electron chi connectivity index (χ0n) is 13.0. The second-order valence-electron chi connectivity index (χ2n) is 6.03. The molecule has 1 aliphatic carbocycles. The molecule has 0 aliphatic heterocycles. The summed E-state index contributed by atoms with van der Waals surface area (Å²) in [6.07, 6.45) is 2.88. The van der Waals surface area contributed by atoms with Gasteiger partial charge in [0, 0.05) is 6.04 Å². The van der Waals surface area contributed by atoms with Crippen molar-refractivity contribution in [2.45, 2.75) is 44.0 Å². The van der Waals surface area contributed by atoms with E-state index in [-0.39, 0.29) is 6.04 Å². The van der Waals surface area contributed by atoms with Gasteiger partial charge in [-0.2, -0.15) is 0 Å². The van der Waals surface area contributed by atoms with Crippen LogP contribution in [0.15, 0.2) is 47.4 Å². The second kappa shape index (κ2) is 5.86. The number of hydrogen-bond acceptors (Lipinski definition) is 2. The Morgan fingerprint density at radius 3 is 2.68 bits per heavy atom. The summed E-state index contributed by atoms with van der Waals surface area (Å²) >= 11 is 0. The lowest BCUT2D eigenvalue weighted by atomic mass is 9.88. The van der Waals surface area contributed by atoms with E-state index in [2.05, 4.69) is 10.8 Å². The maximum Gasteiger partial charge on any atom is 0.241 e. The van der Waals surface area contributed by atoms with Crippen LogP contribution in [-0.2, 0) is 16.4 Å². The molecule has 0 aromatic heterocycles. The number of hydrogen-bond donors (Lipinski definition) is 1. The fourth-order valence-electron chi connectivity index (χ4n) is 3.12. The molecule has 4 heteroatoms. The average molecular weight is 315 g/mol. The summed E-state index contributed by atoms with van der Waals surface area (Å²) in [7, 11) is -3.51. The molecule has 0 amide bonds. The van der Waals surface area contributed by atoms with Gasteiger partial charge < -0.3 is 0 Å². The molecule has 0 spiro atoms. The fourth-order valence-corrected chi connectivity index (χ4v) is 4.70. The minimum atomic E-state index is -3.51. The largest absolute Gasteiger partial charge is 0.241 e. The maximum atomic E-state index is 12.8. The second-order valence-corrected chi connectivity index (χ2v) is 7.72. The normalized spacial score (nSPS) is 18.0. The topological polar surface area (TPSA) is 46.2 Å². The van der Waals surface area contributed by atoms with Crippen molar-refractivity contribution in [1.82, 2.24) is 4.72 Å². The summed E-state index contributed by atoms with van der Waals surface area (Å²) in [6.45, 7) is 3.75. The Morgan fingerprint density at radius 2 is 1.86 bits per heavy atom. The van der Waals surface area contributed by atoms with Crippen LogP contribution in [0.25, 0.3) is 0 Å². The van der Waals surface area contributed by atoms with Crippen molar-refractivity contribution in [3.8, 4) is 0 Å². The van der Waals surface area contributed by atoms with E-state index in [0.29, 0.717) is 4.90 Å². The molecule has 116 valence electrons. The highest BCUT2D eigenvalue weighted by atomic mass is 32.2. The third-order valence-corrected chi connectivity index (χ3v) is 5.91. The van der Waals surface area contributed by atoms with Crippen LogP contribution in [-0.4, -0.2) is 8.42 Å². The van der Waals surface area contributed by atoms with Gasteiger partial charge in [-0.05, 0) is 61.4 Å². The van der Waals surface area contributed by atoms with Gasteiger partial charge in [-0.3, -0.25) is 0 Å². The monoisotopic (exact) mass is 315 g/mol. The molecule has 0 saturated heterocycles. The van der Waals surface area contributed by atoms with Gasteiger partial charge in [0.2, 0.25) is 10.0 Å². The van der Waals surface area contributed by atoms with E-state index < -0.39 is 10.0 Å². The van der Waals surface area contributed by atoms with E-state index in [0.717, 1.165) is 36.0 Å². The van der Waals surface area contributed by atoms with Crippen molar-refractivity contribution in [3.05, 3.63) is 64.7 Å². The molecule has 0 radical (unpaired) electrons. The van der Waals surface area contributed by atoms with E-state index in [1.165, 1.54) is 5.56 Å². The molecule has 0 saturated carbocycles. The number of fused-ring (bicyclic) bond motifs is 1. The number of rotatable bonds is 3. The van der Waals surface area contributed by atoms with E-state index >= 15 is 0 Å². The summed E-state index contributed by atoms with van der Waals surface area (Å²) in [4.78, 5) is 0.385. The van der Waals surface area contributed by atoms with E-state index in [4.69, 9.17) is 0 Å². The van der Waals surface area contributed by atoms with Crippen LogP contribution in [0.5, 0.6) is 0 Å². The van der Waals surface area contributed by atoms with Gasteiger partial charge in [0.15, 0.2) is 0 Å². The van der Waals surface area contributed by atoms with Gasteiger partial charge in [-0.1, -0.05) is 36.4 Å². The Hall–Kier alpha value is -1.65. The van der Waals surface area contributed by atoms with Gasteiger partial charge in [0.1, 0.15) is 0 Å². The maximum absolute atomic E-state index is 12.8. The SMILES string of the molecule is Cc1ccc(C)c(S(=O)(=O)N[C@H]2CCCc3ccccc32)c1. The van der Waals surface area contributed by atoms with Crippen molar-refractivity contribution in [2.75, 3.05) is 0 Å². The van der Waals surface area contributed by atoms with E-state index in [9.17, 15) is 8.42 Å².